The maximum absolute atomic E-state index is 5.31. The topological polar surface area (TPSA) is 31.7 Å². The standard InChI is InChI=1S/C28H28N4S/c1-2-31-18-20-32(21-19-31)26(23-14-8-4-9-15-23)30-28-25(22-12-6-3-7-13-22)29-27(33-28)24-16-10-5-11-17-24/h3-17H,2,18-21H2,1H3. The average Bonchev–Trinajstić information content (AvgIpc) is 3.33. The van der Waals surface area contributed by atoms with E-state index in [0.717, 1.165) is 71.0 Å². The number of amidine groups is 1. The summed E-state index contributed by atoms with van der Waals surface area (Å²) >= 11 is 1.66. The zero-order chi connectivity index (χ0) is 22.5. The van der Waals surface area contributed by atoms with Crippen molar-refractivity contribution in [2.75, 3.05) is 32.7 Å². The van der Waals surface area contributed by atoms with Crippen LogP contribution in [-0.4, -0.2) is 53.3 Å². The molecule has 4 aromatic rings. The van der Waals surface area contributed by atoms with Crippen molar-refractivity contribution in [3.05, 3.63) is 96.6 Å². The molecule has 0 unspecified atom stereocenters. The smallest absolute Gasteiger partial charge is 0.146 e. The van der Waals surface area contributed by atoms with Crippen molar-refractivity contribution >= 4 is 22.2 Å². The van der Waals surface area contributed by atoms with E-state index in [1.165, 1.54) is 0 Å². The Balaban J connectivity index is 1.61. The van der Waals surface area contributed by atoms with Crippen molar-refractivity contribution in [3.63, 3.8) is 0 Å². The Labute approximate surface area is 199 Å². The molecule has 0 atom stereocenters. The van der Waals surface area contributed by atoms with Crippen molar-refractivity contribution in [3.8, 4) is 21.8 Å². The molecular formula is C28H28N4S. The quantitative estimate of drug-likeness (QED) is 0.267. The summed E-state index contributed by atoms with van der Waals surface area (Å²) in [5, 5.41) is 1.95. The molecule has 5 rings (SSSR count). The normalized spacial score (nSPS) is 15.1. The Hall–Kier alpha value is -3.28. The average molecular weight is 453 g/mol. The minimum Gasteiger partial charge on any atom is -0.354 e. The monoisotopic (exact) mass is 452 g/mol. The highest BCUT2D eigenvalue weighted by Gasteiger charge is 2.22. The van der Waals surface area contributed by atoms with Gasteiger partial charge in [-0.25, -0.2) is 9.98 Å². The third-order valence-electron chi connectivity index (χ3n) is 6.04. The van der Waals surface area contributed by atoms with Crippen LogP contribution in [0, 0.1) is 0 Å². The van der Waals surface area contributed by atoms with Crippen LogP contribution >= 0.6 is 11.3 Å². The number of rotatable bonds is 5. The van der Waals surface area contributed by atoms with Gasteiger partial charge in [0.25, 0.3) is 0 Å². The highest BCUT2D eigenvalue weighted by molar-refractivity contribution is 7.19. The molecule has 0 saturated carbocycles. The van der Waals surface area contributed by atoms with E-state index in [-0.39, 0.29) is 0 Å². The van der Waals surface area contributed by atoms with Gasteiger partial charge in [0.2, 0.25) is 0 Å². The van der Waals surface area contributed by atoms with Gasteiger partial charge in [0.05, 0.1) is 0 Å². The summed E-state index contributed by atoms with van der Waals surface area (Å²) in [6.07, 6.45) is 0. The van der Waals surface area contributed by atoms with Crippen LogP contribution < -0.4 is 0 Å². The summed E-state index contributed by atoms with van der Waals surface area (Å²) in [6, 6.07) is 31.3. The van der Waals surface area contributed by atoms with E-state index in [4.69, 9.17) is 9.98 Å². The third kappa shape index (κ3) is 4.90. The number of likely N-dealkylation sites (N-methyl/N-ethyl adjacent to an activating group) is 1. The van der Waals surface area contributed by atoms with E-state index in [1.54, 1.807) is 11.3 Å². The van der Waals surface area contributed by atoms with E-state index in [9.17, 15) is 0 Å². The highest BCUT2D eigenvalue weighted by Crippen LogP contribution is 2.40. The van der Waals surface area contributed by atoms with Gasteiger partial charge >= 0.3 is 0 Å². The fourth-order valence-corrected chi connectivity index (χ4v) is 5.12. The zero-order valence-corrected chi connectivity index (χ0v) is 19.7. The van der Waals surface area contributed by atoms with Crippen LogP contribution in [0.5, 0.6) is 0 Å². The van der Waals surface area contributed by atoms with Crippen molar-refractivity contribution in [2.24, 2.45) is 4.99 Å². The Kier molecular flexibility index (Phi) is 6.61. The maximum Gasteiger partial charge on any atom is 0.146 e. The predicted octanol–water partition coefficient (Wildman–Crippen LogP) is 6.19. The summed E-state index contributed by atoms with van der Waals surface area (Å²) in [4.78, 5) is 15.3. The lowest BCUT2D eigenvalue weighted by atomic mass is 10.1. The Bertz CT molecular complexity index is 1190. The molecule has 0 bridgehead atoms. The number of piperazine rings is 1. The van der Waals surface area contributed by atoms with Crippen LogP contribution in [0.25, 0.3) is 21.8 Å². The Morgan fingerprint density at radius 3 is 1.97 bits per heavy atom. The largest absolute Gasteiger partial charge is 0.354 e. The Morgan fingerprint density at radius 1 is 0.788 bits per heavy atom. The number of thiazole rings is 1. The molecule has 1 fully saturated rings. The number of hydrogen-bond donors (Lipinski definition) is 0. The van der Waals surface area contributed by atoms with Gasteiger partial charge in [-0.3, -0.25) is 0 Å². The molecule has 0 radical (unpaired) electrons. The van der Waals surface area contributed by atoms with E-state index < -0.39 is 0 Å². The molecule has 3 aromatic carbocycles. The van der Waals surface area contributed by atoms with E-state index in [2.05, 4.69) is 95.6 Å². The van der Waals surface area contributed by atoms with Crippen molar-refractivity contribution in [1.29, 1.82) is 0 Å². The Morgan fingerprint density at radius 2 is 1.36 bits per heavy atom. The lowest BCUT2D eigenvalue weighted by Crippen LogP contribution is -2.48. The molecule has 2 heterocycles. The SMILES string of the molecule is CCN1CCN(C(=Nc2sc(-c3ccccc3)nc2-c2ccccc2)c2ccccc2)CC1. The van der Waals surface area contributed by atoms with Gasteiger partial charge in [0.15, 0.2) is 0 Å². The van der Waals surface area contributed by atoms with Crippen LogP contribution in [0.15, 0.2) is 96.0 Å². The lowest BCUT2D eigenvalue weighted by Gasteiger charge is -2.36. The van der Waals surface area contributed by atoms with Crippen molar-refractivity contribution < 1.29 is 0 Å². The van der Waals surface area contributed by atoms with Gasteiger partial charge in [-0.2, -0.15) is 0 Å². The first-order chi connectivity index (χ1) is 16.3. The van der Waals surface area contributed by atoms with E-state index >= 15 is 0 Å². The molecule has 1 saturated heterocycles. The number of benzene rings is 3. The van der Waals surface area contributed by atoms with Crippen molar-refractivity contribution in [2.45, 2.75) is 6.92 Å². The van der Waals surface area contributed by atoms with Crippen LogP contribution in [0.4, 0.5) is 5.00 Å². The molecule has 5 heteroatoms. The highest BCUT2D eigenvalue weighted by atomic mass is 32.1. The summed E-state index contributed by atoms with van der Waals surface area (Å²) in [6.45, 7) is 7.41. The fraction of sp³-hybridized carbons (Fsp3) is 0.214. The number of nitrogens with zero attached hydrogens (tertiary/aromatic N) is 4. The number of aliphatic imine (C=N–C) groups is 1. The first-order valence-corrected chi connectivity index (χ1v) is 12.4. The van der Waals surface area contributed by atoms with Crippen LogP contribution in [-0.2, 0) is 0 Å². The predicted molar refractivity (Wildman–Crippen MR) is 139 cm³/mol. The second-order valence-electron chi connectivity index (χ2n) is 8.13. The van der Waals surface area contributed by atoms with E-state index in [1.807, 2.05) is 12.1 Å². The van der Waals surface area contributed by atoms with Crippen molar-refractivity contribution in [1.82, 2.24) is 14.8 Å². The molecule has 1 aliphatic heterocycles. The molecule has 0 aliphatic carbocycles. The first kappa shape index (κ1) is 21.6. The molecule has 4 nitrogen and oxygen atoms in total. The summed E-state index contributed by atoms with van der Waals surface area (Å²) in [7, 11) is 0. The lowest BCUT2D eigenvalue weighted by molar-refractivity contribution is 0.190. The van der Waals surface area contributed by atoms with Crippen LogP contribution in [0.2, 0.25) is 0 Å². The summed E-state index contributed by atoms with van der Waals surface area (Å²) in [5.74, 6) is 1.03. The van der Waals surface area contributed by atoms with Gasteiger partial charge in [-0.1, -0.05) is 109 Å². The van der Waals surface area contributed by atoms with Gasteiger partial charge in [-0.15, -0.1) is 0 Å². The second kappa shape index (κ2) is 10.1. The molecular weight excluding hydrogens is 424 g/mol. The minimum absolute atomic E-state index is 0.945. The maximum atomic E-state index is 5.31. The molecule has 0 N–H and O–H groups in total. The summed E-state index contributed by atoms with van der Waals surface area (Å²) < 4.78 is 0. The second-order valence-corrected chi connectivity index (χ2v) is 9.11. The fourth-order valence-electron chi connectivity index (χ4n) is 4.15. The van der Waals surface area contributed by atoms with Crippen LogP contribution in [0.3, 0.4) is 0 Å². The number of aromatic nitrogens is 1. The molecule has 166 valence electrons. The zero-order valence-electron chi connectivity index (χ0n) is 18.9. The van der Waals surface area contributed by atoms with Gasteiger partial charge < -0.3 is 9.80 Å². The molecule has 1 aromatic heterocycles. The molecule has 0 spiro atoms. The van der Waals surface area contributed by atoms with E-state index in [0.29, 0.717) is 0 Å². The van der Waals surface area contributed by atoms with Crippen LogP contribution in [0.1, 0.15) is 12.5 Å². The summed E-state index contributed by atoms with van der Waals surface area (Å²) in [5.41, 5.74) is 4.31. The minimum atomic E-state index is 0.945. The third-order valence-corrected chi connectivity index (χ3v) is 7.03. The number of hydrogen-bond acceptors (Lipinski definition) is 4. The molecule has 33 heavy (non-hydrogen) atoms. The van der Waals surface area contributed by atoms with Gasteiger partial charge in [0.1, 0.15) is 21.5 Å². The first-order valence-electron chi connectivity index (χ1n) is 11.5. The van der Waals surface area contributed by atoms with Gasteiger partial charge in [0, 0.05) is 42.9 Å². The molecule has 1 aliphatic rings. The molecule has 0 amide bonds. The van der Waals surface area contributed by atoms with Gasteiger partial charge in [-0.05, 0) is 6.54 Å².